The fourth-order valence-corrected chi connectivity index (χ4v) is 5.42. The minimum Gasteiger partial charge on any atom is -0.379 e. The molecule has 0 aliphatic carbocycles. The van der Waals surface area contributed by atoms with Gasteiger partial charge < -0.3 is 43.6 Å². The first-order valence-corrected chi connectivity index (χ1v) is 15.7. The molecule has 18 heteroatoms. The fourth-order valence-electron chi connectivity index (χ4n) is 3.01. The second-order valence-electron chi connectivity index (χ2n) is 7.61. The monoisotopic (exact) mass is 543 g/mol. The standard InChI is InChI=1S/C15H36N3O12P3/c19-31(20,21)13-16-1-7-28-9-3-17(14-32(22,23)24)5-11-30-12-6-18(15-33(25,26)27)4-10-29-8-2-16/h1-15H2,(H2,19,20,21)(H2,22,23,24)(H2,25,26,27). The molecule has 198 valence electrons. The van der Waals surface area contributed by atoms with Crippen molar-refractivity contribution in [1.29, 1.82) is 0 Å². The van der Waals surface area contributed by atoms with Gasteiger partial charge in [0.1, 0.15) is 18.9 Å². The molecule has 0 saturated carbocycles. The number of rotatable bonds is 6. The molecule has 33 heavy (non-hydrogen) atoms. The highest BCUT2D eigenvalue weighted by atomic mass is 31.2. The van der Waals surface area contributed by atoms with E-state index in [2.05, 4.69) is 0 Å². The van der Waals surface area contributed by atoms with Crippen LogP contribution in [0.15, 0.2) is 0 Å². The van der Waals surface area contributed by atoms with Crippen LogP contribution in [0.1, 0.15) is 0 Å². The van der Waals surface area contributed by atoms with E-state index < -0.39 is 41.6 Å². The Labute approximate surface area is 193 Å². The molecular formula is C15H36N3O12P3. The summed E-state index contributed by atoms with van der Waals surface area (Å²) in [5.74, 6) is 0. The van der Waals surface area contributed by atoms with Gasteiger partial charge in [0.05, 0.1) is 39.6 Å². The first-order chi connectivity index (χ1) is 15.2. The molecule has 1 aliphatic rings. The minimum absolute atomic E-state index is 0.149. The van der Waals surface area contributed by atoms with Gasteiger partial charge in [0.25, 0.3) is 0 Å². The maximum absolute atomic E-state index is 11.4. The lowest BCUT2D eigenvalue weighted by molar-refractivity contribution is 0.0443. The summed E-state index contributed by atoms with van der Waals surface area (Å²) < 4.78 is 50.6. The molecule has 0 bridgehead atoms. The number of ether oxygens (including phenoxy) is 3. The van der Waals surface area contributed by atoms with Crippen LogP contribution in [0, 0.1) is 0 Å². The quantitative estimate of drug-likeness (QED) is 0.208. The third kappa shape index (κ3) is 19.1. The van der Waals surface area contributed by atoms with Crippen molar-refractivity contribution in [3.05, 3.63) is 0 Å². The van der Waals surface area contributed by atoms with Crippen LogP contribution in [0.2, 0.25) is 0 Å². The average molecular weight is 543 g/mol. The van der Waals surface area contributed by atoms with E-state index >= 15 is 0 Å². The maximum Gasteiger partial charge on any atom is 0.339 e. The van der Waals surface area contributed by atoms with Crippen molar-refractivity contribution < 1.29 is 57.3 Å². The van der Waals surface area contributed by atoms with Gasteiger partial charge in [-0.05, 0) is 0 Å². The highest BCUT2D eigenvalue weighted by Crippen LogP contribution is 2.36. The van der Waals surface area contributed by atoms with Crippen LogP contribution >= 0.6 is 22.8 Å². The molecule has 6 N–H and O–H groups in total. The molecule has 0 unspecified atom stereocenters. The summed E-state index contributed by atoms with van der Waals surface area (Å²) in [5.41, 5.74) is 0. The molecule has 0 amide bonds. The molecule has 0 spiro atoms. The van der Waals surface area contributed by atoms with Crippen molar-refractivity contribution in [1.82, 2.24) is 14.7 Å². The van der Waals surface area contributed by atoms with Gasteiger partial charge in [-0.2, -0.15) is 0 Å². The average Bonchev–Trinajstić information content (AvgIpc) is 2.62. The molecule has 0 radical (unpaired) electrons. The molecule has 0 aromatic carbocycles. The van der Waals surface area contributed by atoms with E-state index in [4.69, 9.17) is 14.2 Å². The van der Waals surface area contributed by atoms with E-state index in [9.17, 15) is 43.1 Å². The summed E-state index contributed by atoms with van der Waals surface area (Å²) in [6, 6.07) is 0. The minimum atomic E-state index is -4.31. The first kappa shape index (κ1) is 31.2. The van der Waals surface area contributed by atoms with Gasteiger partial charge in [0.15, 0.2) is 0 Å². The van der Waals surface area contributed by atoms with Crippen molar-refractivity contribution in [2.24, 2.45) is 0 Å². The lowest BCUT2D eigenvalue weighted by Crippen LogP contribution is -2.36. The molecule has 1 aliphatic heterocycles. The Kier molecular flexibility index (Phi) is 14.5. The van der Waals surface area contributed by atoms with Crippen LogP contribution in [-0.2, 0) is 27.9 Å². The molecule has 1 heterocycles. The van der Waals surface area contributed by atoms with Gasteiger partial charge in [-0.15, -0.1) is 0 Å². The third-order valence-electron chi connectivity index (χ3n) is 4.46. The topological polar surface area (TPSA) is 210 Å². The fraction of sp³-hybridized carbons (Fsp3) is 1.00. The van der Waals surface area contributed by atoms with Crippen LogP contribution in [0.3, 0.4) is 0 Å². The number of nitrogens with zero attached hydrogens (tertiary/aromatic N) is 3. The van der Waals surface area contributed by atoms with E-state index in [-0.39, 0.29) is 78.9 Å². The zero-order chi connectivity index (χ0) is 25.0. The summed E-state index contributed by atoms with van der Waals surface area (Å²) in [4.78, 5) is 60.1. The van der Waals surface area contributed by atoms with E-state index in [1.165, 1.54) is 14.7 Å². The van der Waals surface area contributed by atoms with Gasteiger partial charge in [-0.3, -0.25) is 28.4 Å². The number of hydrogen-bond acceptors (Lipinski definition) is 9. The predicted octanol–water partition coefficient (Wildman–Crippen LogP) is -1.64. The first-order valence-electron chi connectivity index (χ1n) is 10.3. The molecule has 15 nitrogen and oxygen atoms in total. The van der Waals surface area contributed by atoms with Gasteiger partial charge in [-0.1, -0.05) is 0 Å². The van der Waals surface area contributed by atoms with Crippen molar-refractivity contribution in [3.63, 3.8) is 0 Å². The maximum atomic E-state index is 11.4. The van der Waals surface area contributed by atoms with Crippen LogP contribution < -0.4 is 0 Å². The molecule has 1 saturated heterocycles. The Morgan fingerprint density at radius 2 is 0.636 bits per heavy atom. The molecular weight excluding hydrogens is 507 g/mol. The lowest BCUT2D eigenvalue weighted by Gasteiger charge is -2.26. The Bertz CT molecular complexity index is 576. The van der Waals surface area contributed by atoms with Crippen molar-refractivity contribution in [3.8, 4) is 0 Å². The molecule has 1 fully saturated rings. The van der Waals surface area contributed by atoms with Gasteiger partial charge in [0, 0.05) is 39.3 Å². The van der Waals surface area contributed by atoms with Crippen molar-refractivity contribution in [2.45, 2.75) is 0 Å². The second kappa shape index (κ2) is 15.4. The van der Waals surface area contributed by atoms with Crippen LogP contribution in [-0.4, -0.2) is 142 Å². The Morgan fingerprint density at radius 1 is 0.455 bits per heavy atom. The van der Waals surface area contributed by atoms with Crippen LogP contribution in [0.5, 0.6) is 0 Å². The molecule has 0 atom stereocenters. The highest BCUT2D eigenvalue weighted by molar-refractivity contribution is 7.52. The zero-order valence-electron chi connectivity index (χ0n) is 18.4. The second-order valence-corrected chi connectivity index (χ2v) is 12.4. The third-order valence-corrected chi connectivity index (χ3v) is 6.77. The van der Waals surface area contributed by atoms with E-state index in [1.54, 1.807) is 0 Å². The van der Waals surface area contributed by atoms with E-state index in [1.807, 2.05) is 0 Å². The van der Waals surface area contributed by atoms with Crippen LogP contribution in [0.4, 0.5) is 0 Å². The summed E-state index contributed by atoms with van der Waals surface area (Å²) in [6.45, 7) is 2.15. The Hall–Kier alpha value is 0.210. The lowest BCUT2D eigenvalue weighted by atomic mass is 10.5. The van der Waals surface area contributed by atoms with Crippen molar-refractivity contribution >= 4 is 22.8 Å². The SMILES string of the molecule is O=P(O)(O)CN1CCOCCN(CP(=O)(O)O)CCOCCN(CP(=O)(O)O)CCOCC1. The highest BCUT2D eigenvalue weighted by Gasteiger charge is 2.22. The van der Waals surface area contributed by atoms with Gasteiger partial charge >= 0.3 is 22.8 Å². The van der Waals surface area contributed by atoms with E-state index in [0.29, 0.717) is 0 Å². The van der Waals surface area contributed by atoms with Crippen LogP contribution in [0.25, 0.3) is 0 Å². The normalized spacial score (nSPS) is 22.0. The van der Waals surface area contributed by atoms with E-state index in [0.717, 1.165) is 0 Å². The Morgan fingerprint density at radius 3 is 0.788 bits per heavy atom. The molecule has 1 rings (SSSR count). The largest absolute Gasteiger partial charge is 0.379 e. The summed E-state index contributed by atoms with van der Waals surface area (Å²) in [5, 5.41) is 0. The summed E-state index contributed by atoms with van der Waals surface area (Å²) in [6.07, 6.45) is -1.44. The van der Waals surface area contributed by atoms with Gasteiger partial charge in [-0.25, -0.2) is 0 Å². The summed E-state index contributed by atoms with van der Waals surface area (Å²) >= 11 is 0. The summed E-state index contributed by atoms with van der Waals surface area (Å²) in [7, 11) is -12.9. The predicted molar refractivity (Wildman–Crippen MR) is 118 cm³/mol. The zero-order valence-corrected chi connectivity index (χ0v) is 21.1. The molecule has 0 aromatic rings. The smallest absolute Gasteiger partial charge is 0.339 e. The molecule has 0 aromatic heterocycles. The number of hydrogen-bond donors (Lipinski definition) is 6. The Balaban J connectivity index is 2.75. The van der Waals surface area contributed by atoms with Gasteiger partial charge in [0.2, 0.25) is 0 Å². The van der Waals surface area contributed by atoms with Crippen molar-refractivity contribution in [2.75, 3.05) is 97.8 Å².